The van der Waals surface area contributed by atoms with Gasteiger partial charge < -0.3 is 5.32 Å². The summed E-state index contributed by atoms with van der Waals surface area (Å²) in [6.07, 6.45) is 0. The van der Waals surface area contributed by atoms with Crippen LogP contribution in [0, 0.1) is 20.8 Å². The molecule has 6 heteroatoms. The SMILES string of the molecule is Cc1cc(CNc2cc(-c3ccccc3)nc3c(C)c(C)nn23)n(C)n1. The number of anilines is 1. The number of benzene rings is 1. The molecule has 0 spiro atoms. The normalized spacial score (nSPS) is 11.2. The van der Waals surface area contributed by atoms with Crippen LogP contribution in [0.3, 0.4) is 0 Å². The highest BCUT2D eigenvalue weighted by atomic mass is 15.3. The molecule has 0 bridgehead atoms. The van der Waals surface area contributed by atoms with Crippen molar-refractivity contribution in [1.29, 1.82) is 0 Å². The highest BCUT2D eigenvalue weighted by Crippen LogP contribution is 2.25. The first-order valence-electron chi connectivity index (χ1n) is 8.68. The van der Waals surface area contributed by atoms with Gasteiger partial charge in [-0.05, 0) is 26.8 Å². The number of aryl methyl sites for hydroxylation is 4. The van der Waals surface area contributed by atoms with Crippen LogP contribution < -0.4 is 5.32 Å². The quantitative estimate of drug-likeness (QED) is 0.612. The molecule has 0 unspecified atom stereocenters. The van der Waals surface area contributed by atoms with E-state index in [9.17, 15) is 0 Å². The van der Waals surface area contributed by atoms with Crippen LogP contribution in [0.4, 0.5) is 5.82 Å². The van der Waals surface area contributed by atoms with Gasteiger partial charge >= 0.3 is 0 Å². The first kappa shape index (κ1) is 16.3. The van der Waals surface area contributed by atoms with Crippen molar-refractivity contribution in [3.63, 3.8) is 0 Å². The molecule has 1 aromatic carbocycles. The number of fused-ring (bicyclic) bond motifs is 1. The minimum absolute atomic E-state index is 0.669. The fourth-order valence-electron chi connectivity index (χ4n) is 3.12. The molecule has 132 valence electrons. The summed E-state index contributed by atoms with van der Waals surface area (Å²) in [5.74, 6) is 0.920. The number of hydrogen-bond acceptors (Lipinski definition) is 4. The predicted molar refractivity (Wildman–Crippen MR) is 103 cm³/mol. The zero-order chi connectivity index (χ0) is 18.3. The lowest BCUT2D eigenvalue weighted by molar-refractivity contribution is 0.711. The standard InChI is InChI=1S/C20H22N6/c1-13-10-17(25(4)23-13)12-21-19-11-18(16-8-6-5-7-9-16)22-20-14(2)15(3)24-26(19)20/h5-11,21H,12H2,1-4H3. The van der Waals surface area contributed by atoms with Crippen LogP contribution >= 0.6 is 0 Å². The van der Waals surface area contributed by atoms with E-state index < -0.39 is 0 Å². The van der Waals surface area contributed by atoms with Crippen molar-refractivity contribution in [2.24, 2.45) is 7.05 Å². The monoisotopic (exact) mass is 346 g/mol. The average molecular weight is 346 g/mol. The van der Waals surface area contributed by atoms with Crippen molar-refractivity contribution < 1.29 is 0 Å². The minimum atomic E-state index is 0.669. The Morgan fingerprint density at radius 1 is 1.00 bits per heavy atom. The minimum Gasteiger partial charge on any atom is -0.364 e. The molecule has 4 rings (SSSR count). The van der Waals surface area contributed by atoms with E-state index in [0.717, 1.165) is 45.4 Å². The molecule has 0 radical (unpaired) electrons. The zero-order valence-electron chi connectivity index (χ0n) is 15.5. The molecule has 0 aliphatic carbocycles. The molecule has 3 aromatic heterocycles. The summed E-state index contributed by atoms with van der Waals surface area (Å²) < 4.78 is 3.79. The lowest BCUT2D eigenvalue weighted by Gasteiger charge is -2.11. The van der Waals surface area contributed by atoms with E-state index in [1.165, 1.54) is 0 Å². The van der Waals surface area contributed by atoms with Gasteiger partial charge in [-0.2, -0.15) is 14.7 Å². The predicted octanol–water partition coefficient (Wildman–Crippen LogP) is 3.67. The Morgan fingerprint density at radius 2 is 1.77 bits per heavy atom. The zero-order valence-corrected chi connectivity index (χ0v) is 15.5. The third kappa shape index (κ3) is 2.83. The molecule has 0 aliphatic heterocycles. The van der Waals surface area contributed by atoms with Gasteiger partial charge in [-0.15, -0.1) is 0 Å². The van der Waals surface area contributed by atoms with Crippen LogP contribution in [0.15, 0.2) is 42.5 Å². The van der Waals surface area contributed by atoms with E-state index >= 15 is 0 Å². The number of rotatable bonds is 4. The Balaban J connectivity index is 1.79. The fraction of sp³-hybridized carbons (Fsp3) is 0.250. The molecule has 6 nitrogen and oxygen atoms in total. The highest BCUT2D eigenvalue weighted by Gasteiger charge is 2.13. The second-order valence-electron chi connectivity index (χ2n) is 6.59. The molecule has 0 fully saturated rings. The molecule has 0 amide bonds. The van der Waals surface area contributed by atoms with Crippen LogP contribution in [0.1, 0.15) is 22.6 Å². The molecule has 26 heavy (non-hydrogen) atoms. The summed E-state index contributed by atoms with van der Waals surface area (Å²) in [5, 5.41) is 12.6. The summed E-state index contributed by atoms with van der Waals surface area (Å²) >= 11 is 0. The Bertz CT molecular complexity index is 1070. The second-order valence-corrected chi connectivity index (χ2v) is 6.59. The van der Waals surface area contributed by atoms with Crippen molar-refractivity contribution in [1.82, 2.24) is 24.4 Å². The lowest BCUT2D eigenvalue weighted by atomic mass is 10.1. The number of nitrogens with one attached hydrogen (secondary N) is 1. The molecule has 3 heterocycles. The van der Waals surface area contributed by atoms with Crippen molar-refractivity contribution in [3.8, 4) is 11.3 Å². The highest BCUT2D eigenvalue weighted by molar-refractivity contribution is 5.68. The van der Waals surface area contributed by atoms with Gasteiger partial charge in [0.25, 0.3) is 0 Å². The molecule has 0 saturated carbocycles. The van der Waals surface area contributed by atoms with Crippen molar-refractivity contribution in [3.05, 3.63) is 65.1 Å². The third-order valence-corrected chi connectivity index (χ3v) is 4.68. The molecule has 0 aliphatic rings. The van der Waals surface area contributed by atoms with Gasteiger partial charge in [-0.3, -0.25) is 4.68 Å². The van der Waals surface area contributed by atoms with Gasteiger partial charge in [-0.1, -0.05) is 30.3 Å². The van der Waals surface area contributed by atoms with Gasteiger partial charge in [0, 0.05) is 24.2 Å². The molecule has 1 N–H and O–H groups in total. The summed E-state index contributed by atoms with van der Waals surface area (Å²) in [5.41, 5.74) is 7.13. The Labute approximate surface area is 152 Å². The van der Waals surface area contributed by atoms with Crippen LogP contribution in [0.5, 0.6) is 0 Å². The number of nitrogens with zero attached hydrogens (tertiary/aromatic N) is 5. The molecular weight excluding hydrogens is 324 g/mol. The van der Waals surface area contributed by atoms with Crippen molar-refractivity contribution in [2.75, 3.05) is 5.32 Å². The first-order valence-corrected chi connectivity index (χ1v) is 8.68. The summed E-state index contributed by atoms with van der Waals surface area (Å²) in [4.78, 5) is 4.85. The number of hydrogen-bond donors (Lipinski definition) is 1. The first-order chi connectivity index (χ1) is 12.5. The van der Waals surface area contributed by atoms with Gasteiger partial charge in [0.15, 0.2) is 5.65 Å². The largest absolute Gasteiger partial charge is 0.364 e. The summed E-state index contributed by atoms with van der Waals surface area (Å²) in [6, 6.07) is 14.4. The Hall–Kier alpha value is -3.15. The average Bonchev–Trinajstić information content (AvgIpc) is 3.12. The maximum Gasteiger partial charge on any atom is 0.161 e. The van der Waals surface area contributed by atoms with E-state index in [2.05, 4.69) is 46.7 Å². The van der Waals surface area contributed by atoms with E-state index in [1.807, 2.05) is 48.3 Å². The van der Waals surface area contributed by atoms with E-state index in [0.29, 0.717) is 6.54 Å². The van der Waals surface area contributed by atoms with E-state index in [4.69, 9.17) is 4.98 Å². The van der Waals surface area contributed by atoms with Gasteiger partial charge in [0.05, 0.1) is 29.3 Å². The maximum atomic E-state index is 4.85. The second kappa shape index (κ2) is 6.29. The fourth-order valence-corrected chi connectivity index (χ4v) is 3.12. The number of aromatic nitrogens is 5. The van der Waals surface area contributed by atoms with E-state index in [-0.39, 0.29) is 0 Å². The van der Waals surface area contributed by atoms with Crippen molar-refractivity contribution in [2.45, 2.75) is 27.3 Å². The molecular formula is C20H22N6. The summed E-state index contributed by atoms with van der Waals surface area (Å²) in [6.45, 7) is 6.75. The van der Waals surface area contributed by atoms with E-state index in [1.54, 1.807) is 0 Å². The van der Waals surface area contributed by atoms with Gasteiger partial charge in [0.1, 0.15) is 5.82 Å². The Morgan fingerprint density at radius 3 is 2.46 bits per heavy atom. The van der Waals surface area contributed by atoms with Crippen LogP contribution in [-0.4, -0.2) is 24.4 Å². The smallest absolute Gasteiger partial charge is 0.161 e. The topological polar surface area (TPSA) is 60.0 Å². The summed E-state index contributed by atoms with van der Waals surface area (Å²) in [7, 11) is 1.96. The van der Waals surface area contributed by atoms with Crippen molar-refractivity contribution >= 4 is 11.5 Å². The third-order valence-electron chi connectivity index (χ3n) is 4.68. The molecule has 0 saturated heterocycles. The Kier molecular flexibility index (Phi) is 3.95. The lowest BCUT2D eigenvalue weighted by Crippen LogP contribution is -2.09. The van der Waals surface area contributed by atoms with Crippen LogP contribution in [-0.2, 0) is 13.6 Å². The van der Waals surface area contributed by atoms with Crippen LogP contribution in [0.2, 0.25) is 0 Å². The maximum absolute atomic E-state index is 4.85. The van der Waals surface area contributed by atoms with Crippen LogP contribution in [0.25, 0.3) is 16.9 Å². The van der Waals surface area contributed by atoms with Gasteiger partial charge in [-0.25, -0.2) is 4.98 Å². The van der Waals surface area contributed by atoms with Gasteiger partial charge in [0.2, 0.25) is 0 Å². The molecule has 4 aromatic rings. The molecule has 0 atom stereocenters.